The average Bonchev–Trinajstić information content (AvgIpc) is 3.77. The molecule has 1 aliphatic rings. The summed E-state index contributed by atoms with van der Waals surface area (Å²) in [7, 11) is 0. The number of fused-ring (bicyclic) bond motifs is 6. The Morgan fingerprint density at radius 2 is 1.12 bits per heavy atom. The molecule has 6 heteroatoms. The largest absolute Gasteiger partial charge is 2.00 e. The standard InChI is InChI=1S/C31H38BN.C13H8N3.Cu/c1-20(2)24-13-11-14-25(21(3)4)30(24)32-19-33(29-18-10-9-17-28(29)32)31-26(22(5)6)15-12-16-27(31)23(7)8;1-3-7-11-9(5-1)14-13-15-10-6-2-4-8-12(10)16(11)13;/h9-18,20-23H,1-8H3;1-8H;/q;-1;+2. The van der Waals surface area contributed by atoms with Gasteiger partial charge in [-0.25, -0.2) is 0 Å². The summed E-state index contributed by atoms with van der Waals surface area (Å²) in [4.78, 5) is 9.01. The molecule has 0 unspecified atom stereocenters. The van der Waals surface area contributed by atoms with Gasteiger partial charge in [-0.3, -0.25) is 0 Å². The molecule has 0 saturated heterocycles. The van der Waals surface area contributed by atoms with E-state index in [4.69, 9.17) is 0 Å². The maximum atomic E-state index is 4.50. The van der Waals surface area contributed by atoms with Gasteiger partial charge in [0.15, 0.2) is 0 Å². The zero-order chi connectivity index (χ0) is 34.4. The van der Waals surface area contributed by atoms with Crippen LogP contribution >= 0.6 is 0 Å². The number of benzene rings is 5. The SMILES string of the molecule is CC(C)c1cccc(C(C)C)c1B1[C-]=[N+](c2c(C(C)C)cccc2C(C)C)c2ccccc21.[Cu+2].c1ccc2c(c1)nc1[n-]c3ccccc3n12. The molecule has 5 aromatic carbocycles. The molecule has 8 rings (SSSR count). The molecule has 0 fully saturated rings. The second-order valence-electron chi connectivity index (χ2n) is 14.5. The van der Waals surface area contributed by atoms with E-state index < -0.39 is 0 Å². The van der Waals surface area contributed by atoms with E-state index in [2.05, 4.69) is 153 Å². The first-order valence-electron chi connectivity index (χ1n) is 17.8. The van der Waals surface area contributed by atoms with E-state index >= 15 is 0 Å². The van der Waals surface area contributed by atoms with Gasteiger partial charge in [0.2, 0.25) is 6.71 Å². The first kappa shape index (κ1) is 35.5. The van der Waals surface area contributed by atoms with Gasteiger partial charge in [-0.05, 0) is 40.9 Å². The van der Waals surface area contributed by atoms with Crippen LogP contribution in [0.25, 0.3) is 27.8 Å². The molecule has 2 aromatic heterocycles. The van der Waals surface area contributed by atoms with Crippen molar-refractivity contribution >= 4 is 63.0 Å². The molecule has 255 valence electrons. The molecule has 50 heavy (non-hydrogen) atoms. The first-order valence-corrected chi connectivity index (χ1v) is 17.8. The summed E-state index contributed by atoms with van der Waals surface area (Å²) in [5.74, 6) is 2.61. The molecule has 0 N–H and O–H groups in total. The summed E-state index contributed by atoms with van der Waals surface area (Å²) in [5.41, 5.74) is 15.3. The number of hydrogen-bond donors (Lipinski definition) is 0. The second kappa shape index (κ2) is 14.5. The van der Waals surface area contributed by atoms with E-state index in [-0.39, 0.29) is 23.8 Å². The van der Waals surface area contributed by atoms with Crippen LogP contribution < -0.4 is 20.5 Å². The molecule has 1 aliphatic heterocycles. The van der Waals surface area contributed by atoms with Gasteiger partial charge >= 0.3 is 17.1 Å². The van der Waals surface area contributed by atoms with Gasteiger partial charge in [-0.1, -0.05) is 181 Å². The van der Waals surface area contributed by atoms with E-state index in [1.54, 1.807) is 0 Å². The first-order chi connectivity index (χ1) is 23.7. The average molecular weight is 705 g/mol. The summed E-state index contributed by atoms with van der Waals surface area (Å²) in [6, 6.07) is 38.8. The minimum Gasteiger partial charge on any atom is -0.366 e. The van der Waals surface area contributed by atoms with Gasteiger partial charge in [-0.2, -0.15) is 0 Å². The summed E-state index contributed by atoms with van der Waals surface area (Å²) < 4.78 is 4.50. The molecule has 0 atom stereocenters. The van der Waals surface area contributed by atoms with Crippen LogP contribution in [0.2, 0.25) is 0 Å². The van der Waals surface area contributed by atoms with E-state index in [9.17, 15) is 0 Å². The Morgan fingerprint density at radius 1 is 0.600 bits per heavy atom. The molecule has 4 nitrogen and oxygen atoms in total. The Kier molecular flexibility index (Phi) is 10.3. The number of rotatable bonds is 6. The Bertz CT molecular complexity index is 2210. The minimum absolute atomic E-state index is 0. The third kappa shape index (κ3) is 6.25. The van der Waals surface area contributed by atoms with Crippen LogP contribution in [0.3, 0.4) is 0 Å². The number of para-hydroxylation sites is 6. The molecule has 0 aliphatic carbocycles. The monoisotopic (exact) mass is 704 g/mol. The van der Waals surface area contributed by atoms with Crippen LogP contribution in [0, 0.1) is 0 Å². The topological polar surface area (TPSA) is 34.4 Å². The Hall–Kier alpha value is -4.38. The van der Waals surface area contributed by atoms with Crippen molar-refractivity contribution < 1.29 is 17.1 Å². The fraction of sp³-hybridized carbons (Fsp3) is 0.273. The third-order valence-electron chi connectivity index (χ3n) is 9.91. The number of nitrogens with zero attached hydrogens (tertiary/aromatic N) is 4. The van der Waals surface area contributed by atoms with Crippen molar-refractivity contribution in [2.45, 2.75) is 79.1 Å². The number of hydrogen-bond acceptors (Lipinski definition) is 1. The van der Waals surface area contributed by atoms with Crippen molar-refractivity contribution in [1.82, 2.24) is 18.9 Å². The van der Waals surface area contributed by atoms with Crippen molar-refractivity contribution in [2.24, 2.45) is 0 Å². The van der Waals surface area contributed by atoms with Crippen molar-refractivity contribution in [3.8, 4) is 0 Å². The summed E-state index contributed by atoms with van der Waals surface area (Å²) in [6.45, 7) is 18.6. The molecular formula is C44H46BCuN4+. The predicted octanol–water partition coefficient (Wildman–Crippen LogP) is 9.72. The quantitative estimate of drug-likeness (QED) is 0.0982. The van der Waals surface area contributed by atoms with Gasteiger partial charge < -0.3 is 18.9 Å². The molecule has 0 saturated carbocycles. The molecule has 0 bridgehead atoms. The van der Waals surface area contributed by atoms with Crippen molar-refractivity contribution in [2.75, 3.05) is 0 Å². The van der Waals surface area contributed by atoms with Crippen LogP contribution in [0.15, 0.2) is 109 Å². The van der Waals surface area contributed by atoms with E-state index in [1.807, 2.05) is 36.4 Å². The third-order valence-corrected chi connectivity index (χ3v) is 9.91. The summed E-state index contributed by atoms with van der Waals surface area (Å²) in [5, 5.41) is 0. The summed E-state index contributed by atoms with van der Waals surface area (Å²) in [6.07, 6.45) is 4.00. The molecule has 3 heterocycles. The maximum absolute atomic E-state index is 4.50. The normalized spacial score (nSPS) is 12.6. The van der Waals surface area contributed by atoms with Gasteiger partial charge in [0.1, 0.15) is 5.69 Å². The van der Waals surface area contributed by atoms with Crippen LogP contribution in [-0.4, -0.2) is 22.2 Å². The van der Waals surface area contributed by atoms with E-state index in [0.717, 1.165) is 27.8 Å². The van der Waals surface area contributed by atoms with Gasteiger partial charge in [0.25, 0.3) is 0 Å². The van der Waals surface area contributed by atoms with Crippen LogP contribution in [0.5, 0.6) is 0 Å². The predicted molar refractivity (Wildman–Crippen MR) is 211 cm³/mol. The fourth-order valence-electron chi connectivity index (χ4n) is 7.50. The van der Waals surface area contributed by atoms with Gasteiger partial charge in [-0.15, -0.1) is 0 Å². The smallest absolute Gasteiger partial charge is 0.366 e. The zero-order valence-electron chi connectivity index (χ0n) is 30.4. The molecule has 7 aromatic rings. The van der Waals surface area contributed by atoms with Crippen molar-refractivity contribution in [3.63, 3.8) is 0 Å². The Morgan fingerprint density at radius 3 is 1.74 bits per heavy atom. The second-order valence-corrected chi connectivity index (χ2v) is 14.5. The fourth-order valence-corrected chi connectivity index (χ4v) is 7.50. The van der Waals surface area contributed by atoms with E-state index in [0.29, 0.717) is 23.7 Å². The molecule has 0 amide bonds. The molecular weight excluding hydrogens is 659 g/mol. The van der Waals surface area contributed by atoms with Gasteiger partial charge in [0.05, 0.1) is 11.8 Å². The van der Waals surface area contributed by atoms with Crippen LogP contribution in [-0.2, 0) is 17.1 Å². The maximum Gasteiger partial charge on any atom is 2.00 e. The number of aromatic nitrogens is 3. The minimum atomic E-state index is 0. The molecule has 1 radical (unpaired) electrons. The number of imidazole rings is 2. The van der Waals surface area contributed by atoms with Crippen LogP contribution in [0.1, 0.15) is 101 Å². The zero-order valence-corrected chi connectivity index (χ0v) is 31.3. The van der Waals surface area contributed by atoms with E-state index in [1.165, 1.54) is 44.6 Å². The van der Waals surface area contributed by atoms with Gasteiger partial charge in [0, 0.05) is 27.8 Å². The van der Waals surface area contributed by atoms with Crippen molar-refractivity contribution in [3.05, 3.63) is 131 Å². The van der Waals surface area contributed by atoms with Crippen molar-refractivity contribution in [1.29, 1.82) is 0 Å². The van der Waals surface area contributed by atoms with Crippen LogP contribution in [0.4, 0.5) is 11.4 Å². The Labute approximate surface area is 308 Å². The Balaban J connectivity index is 0.000000210. The summed E-state index contributed by atoms with van der Waals surface area (Å²) >= 11 is 0. The molecule has 0 spiro atoms.